The first-order chi connectivity index (χ1) is 18.1. The Morgan fingerprint density at radius 2 is 1.57 bits per heavy atom. The lowest BCUT2D eigenvalue weighted by molar-refractivity contribution is 0.0924. The normalized spacial score (nSPS) is 17.2. The van der Waals surface area contributed by atoms with Crippen molar-refractivity contribution in [1.29, 1.82) is 0 Å². The molecule has 6 heteroatoms. The van der Waals surface area contributed by atoms with Gasteiger partial charge in [-0.05, 0) is 49.9 Å². The number of benzene rings is 3. The number of nitrogens with zero attached hydrogens (tertiary/aromatic N) is 2. The zero-order valence-electron chi connectivity index (χ0n) is 21.5. The van der Waals surface area contributed by atoms with E-state index in [-0.39, 0.29) is 11.9 Å². The number of aromatic nitrogens is 1. The van der Waals surface area contributed by atoms with Crippen LogP contribution >= 0.6 is 0 Å². The predicted octanol–water partition coefficient (Wildman–Crippen LogP) is 6.03. The second-order valence-corrected chi connectivity index (χ2v) is 9.86. The van der Waals surface area contributed by atoms with E-state index in [1.165, 1.54) is 0 Å². The van der Waals surface area contributed by atoms with E-state index in [9.17, 15) is 4.79 Å². The number of rotatable bonds is 8. The van der Waals surface area contributed by atoms with Crippen LogP contribution in [0, 0.1) is 0 Å². The maximum atomic E-state index is 13.1. The maximum Gasteiger partial charge on any atom is 0.251 e. The van der Waals surface area contributed by atoms with Crippen molar-refractivity contribution in [3.8, 4) is 5.75 Å². The monoisotopic (exact) mass is 494 g/mol. The number of carbonyl (C=O) groups is 1. The first kappa shape index (κ1) is 24.6. The molecule has 1 aliphatic carbocycles. The van der Waals surface area contributed by atoms with Crippen LogP contribution in [0.15, 0.2) is 84.9 Å². The molecule has 1 amide bonds. The van der Waals surface area contributed by atoms with Crippen molar-refractivity contribution in [3.63, 3.8) is 0 Å². The zero-order valence-corrected chi connectivity index (χ0v) is 21.5. The third-order valence-corrected chi connectivity index (χ3v) is 6.99. The van der Waals surface area contributed by atoms with Gasteiger partial charge in [-0.2, -0.15) is 0 Å². The van der Waals surface area contributed by atoms with Gasteiger partial charge in [-0.15, -0.1) is 0 Å². The first-order valence-electron chi connectivity index (χ1n) is 13.0. The summed E-state index contributed by atoms with van der Waals surface area (Å²) in [4.78, 5) is 20.1. The van der Waals surface area contributed by atoms with Crippen LogP contribution in [0.5, 0.6) is 5.75 Å². The molecule has 0 saturated heterocycles. The predicted molar refractivity (Wildman–Crippen MR) is 150 cm³/mol. The number of fused-ring (bicyclic) bond motifs is 1. The van der Waals surface area contributed by atoms with Gasteiger partial charge in [0.1, 0.15) is 18.2 Å². The summed E-state index contributed by atoms with van der Waals surface area (Å²) in [6.45, 7) is 0.359. The quantitative estimate of drug-likeness (QED) is 0.313. The Morgan fingerprint density at radius 3 is 2.35 bits per heavy atom. The summed E-state index contributed by atoms with van der Waals surface area (Å²) < 4.78 is 5.90. The molecule has 0 bridgehead atoms. The molecule has 0 unspecified atom stereocenters. The van der Waals surface area contributed by atoms with Crippen molar-refractivity contribution in [3.05, 3.63) is 96.1 Å². The van der Waals surface area contributed by atoms with Crippen molar-refractivity contribution < 1.29 is 9.53 Å². The lowest BCUT2D eigenvalue weighted by atomic mass is 9.90. The standard InChI is InChI=1S/C31H34N4O2/c1-35(2)29-20-30(34-28-15-9-8-14-27(28)29)32-23-16-18-24(19-17-23)33-31(36)26-13-7-6-10-22(26)21-37-25-11-4-3-5-12-25/h3-15,20,23-24H,16-19,21H2,1-2H3,(H,32,34)(H,33,36). The number of carbonyl (C=O) groups excluding carboxylic acids is 1. The zero-order chi connectivity index (χ0) is 25.6. The number of hydrogen-bond donors (Lipinski definition) is 2. The van der Waals surface area contributed by atoms with Crippen molar-refractivity contribution in [2.75, 3.05) is 24.3 Å². The molecule has 1 aliphatic rings. The molecule has 3 aromatic carbocycles. The molecule has 2 N–H and O–H groups in total. The molecule has 1 heterocycles. The number of para-hydroxylation sites is 2. The third-order valence-electron chi connectivity index (χ3n) is 6.99. The van der Waals surface area contributed by atoms with Crippen molar-refractivity contribution in [1.82, 2.24) is 10.3 Å². The summed E-state index contributed by atoms with van der Waals surface area (Å²) >= 11 is 0. The molecule has 1 aromatic heterocycles. The van der Waals surface area contributed by atoms with E-state index < -0.39 is 0 Å². The largest absolute Gasteiger partial charge is 0.489 e. The van der Waals surface area contributed by atoms with Gasteiger partial charge >= 0.3 is 0 Å². The van der Waals surface area contributed by atoms with Gasteiger partial charge in [0.2, 0.25) is 0 Å². The van der Waals surface area contributed by atoms with Gasteiger partial charge in [0.25, 0.3) is 5.91 Å². The van der Waals surface area contributed by atoms with Gasteiger partial charge in [-0.25, -0.2) is 4.98 Å². The highest BCUT2D eigenvalue weighted by Crippen LogP contribution is 2.29. The van der Waals surface area contributed by atoms with E-state index in [4.69, 9.17) is 9.72 Å². The third kappa shape index (κ3) is 6.02. The van der Waals surface area contributed by atoms with Crippen LogP contribution in [0.1, 0.15) is 41.6 Å². The highest BCUT2D eigenvalue weighted by molar-refractivity contribution is 5.96. The molecule has 1 saturated carbocycles. The molecule has 4 aromatic rings. The van der Waals surface area contributed by atoms with Gasteiger partial charge < -0.3 is 20.3 Å². The highest BCUT2D eigenvalue weighted by atomic mass is 16.5. The van der Waals surface area contributed by atoms with Crippen LogP contribution in [0.25, 0.3) is 10.9 Å². The van der Waals surface area contributed by atoms with Crippen LogP contribution in [-0.4, -0.2) is 37.1 Å². The van der Waals surface area contributed by atoms with Gasteiger partial charge in [0, 0.05) is 54.4 Å². The van der Waals surface area contributed by atoms with E-state index in [0.29, 0.717) is 18.2 Å². The van der Waals surface area contributed by atoms with E-state index >= 15 is 0 Å². The summed E-state index contributed by atoms with van der Waals surface area (Å²) in [5.74, 6) is 1.67. The number of anilines is 2. The van der Waals surface area contributed by atoms with E-state index in [2.05, 4.69) is 47.8 Å². The number of nitrogens with one attached hydrogen (secondary N) is 2. The number of ether oxygens (including phenoxy) is 1. The molecule has 0 radical (unpaired) electrons. The second-order valence-electron chi connectivity index (χ2n) is 9.86. The van der Waals surface area contributed by atoms with E-state index in [1.807, 2.05) is 66.7 Å². The fourth-order valence-corrected chi connectivity index (χ4v) is 5.00. The Bertz CT molecular complexity index is 1350. The molecular weight excluding hydrogens is 460 g/mol. The molecule has 37 heavy (non-hydrogen) atoms. The average Bonchev–Trinajstić information content (AvgIpc) is 2.93. The minimum Gasteiger partial charge on any atom is -0.489 e. The van der Waals surface area contributed by atoms with E-state index in [1.54, 1.807) is 0 Å². The lowest BCUT2D eigenvalue weighted by Gasteiger charge is -2.30. The van der Waals surface area contributed by atoms with Gasteiger partial charge in [-0.1, -0.05) is 54.6 Å². The number of hydrogen-bond acceptors (Lipinski definition) is 5. The van der Waals surface area contributed by atoms with Crippen LogP contribution < -0.4 is 20.3 Å². The Kier molecular flexibility index (Phi) is 7.54. The molecule has 1 fully saturated rings. The van der Waals surface area contributed by atoms with Crippen LogP contribution in [-0.2, 0) is 6.61 Å². The number of amides is 1. The summed E-state index contributed by atoms with van der Waals surface area (Å²) in [5.41, 5.74) is 3.71. The number of pyridine rings is 1. The van der Waals surface area contributed by atoms with Crippen LogP contribution in [0.4, 0.5) is 11.5 Å². The Labute approximate surface area is 218 Å². The Hall–Kier alpha value is -4.06. The van der Waals surface area contributed by atoms with Crippen LogP contribution in [0.2, 0.25) is 0 Å². The van der Waals surface area contributed by atoms with Gasteiger partial charge in [0.05, 0.1) is 5.52 Å². The molecule has 6 nitrogen and oxygen atoms in total. The van der Waals surface area contributed by atoms with Crippen molar-refractivity contribution in [2.45, 2.75) is 44.4 Å². The second kappa shape index (κ2) is 11.3. The molecule has 0 atom stereocenters. The maximum absolute atomic E-state index is 13.1. The average molecular weight is 495 g/mol. The van der Waals surface area contributed by atoms with Crippen LogP contribution in [0.3, 0.4) is 0 Å². The fourth-order valence-electron chi connectivity index (χ4n) is 5.00. The summed E-state index contributed by atoms with van der Waals surface area (Å²) in [5, 5.41) is 8.06. The lowest BCUT2D eigenvalue weighted by Crippen LogP contribution is -2.40. The van der Waals surface area contributed by atoms with Crippen molar-refractivity contribution >= 4 is 28.3 Å². The fraction of sp³-hybridized carbons (Fsp3) is 0.290. The minimum atomic E-state index is -0.0320. The van der Waals surface area contributed by atoms with Gasteiger partial charge in [0.15, 0.2) is 0 Å². The molecule has 0 aliphatic heterocycles. The molecule has 190 valence electrons. The summed E-state index contributed by atoms with van der Waals surface area (Å²) in [7, 11) is 4.12. The topological polar surface area (TPSA) is 66.5 Å². The molecule has 0 spiro atoms. The summed E-state index contributed by atoms with van der Waals surface area (Å²) in [6, 6.07) is 28.2. The summed E-state index contributed by atoms with van der Waals surface area (Å²) in [6.07, 6.45) is 3.82. The molecular formula is C31H34N4O2. The first-order valence-corrected chi connectivity index (χ1v) is 13.0. The van der Waals surface area contributed by atoms with Crippen molar-refractivity contribution in [2.24, 2.45) is 0 Å². The van der Waals surface area contributed by atoms with E-state index in [0.717, 1.165) is 59.4 Å². The Morgan fingerprint density at radius 1 is 0.892 bits per heavy atom. The highest BCUT2D eigenvalue weighted by Gasteiger charge is 2.24. The SMILES string of the molecule is CN(C)c1cc(NC2CCC(NC(=O)c3ccccc3COc3ccccc3)CC2)nc2ccccc12. The Balaban J connectivity index is 1.17. The smallest absolute Gasteiger partial charge is 0.251 e. The molecule has 5 rings (SSSR count). The van der Waals surface area contributed by atoms with Gasteiger partial charge in [-0.3, -0.25) is 4.79 Å². The minimum absolute atomic E-state index is 0.0320.